The average Bonchev–Trinajstić information content (AvgIpc) is 3.53. The highest BCUT2D eigenvalue weighted by molar-refractivity contribution is 7.98. The summed E-state index contributed by atoms with van der Waals surface area (Å²) in [6, 6.07) is 15.7. The van der Waals surface area contributed by atoms with Gasteiger partial charge in [-0.2, -0.15) is 0 Å². The molecular formula is C25H30N4O3S. The molecule has 33 heavy (non-hydrogen) atoms. The van der Waals surface area contributed by atoms with E-state index in [1.54, 1.807) is 26.0 Å². The summed E-state index contributed by atoms with van der Waals surface area (Å²) < 4.78 is 12.9. The van der Waals surface area contributed by atoms with Gasteiger partial charge in [-0.3, -0.25) is 9.36 Å². The largest absolute Gasteiger partial charge is 0.497 e. The molecule has 1 saturated heterocycles. The van der Waals surface area contributed by atoms with Crippen molar-refractivity contribution in [2.75, 3.05) is 33.9 Å². The molecule has 7 nitrogen and oxygen atoms in total. The number of ether oxygens (including phenoxy) is 2. The van der Waals surface area contributed by atoms with Crippen LogP contribution >= 0.6 is 11.8 Å². The summed E-state index contributed by atoms with van der Waals surface area (Å²) in [5.74, 6) is 2.29. The van der Waals surface area contributed by atoms with Crippen molar-refractivity contribution in [3.8, 4) is 17.1 Å². The second-order valence-corrected chi connectivity index (χ2v) is 9.10. The minimum absolute atomic E-state index is 0.0372. The maximum Gasteiger partial charge on any atom is 0.254 e. The van der Waals surface area contributed by atoms with Crippen molar-refractivity contribution in [3.05, 3.63) is 59.7 Å². The lowest BCUT2D eigenvalue weighted by molar-refractivity contribution is 0.0792. The Hall–Kier alpha value is -2.84. The molecule has 0 aliphatic carbocycles. The van der Waals surface area contributed by atoms with Crippen LogP contribution in [0.25, 0.3) is 11.4 Å². The normalized spacial score (nSPS) is 14.5. The van der Waals surface area contributed by atoms with E-state index in [2.05, 4.69) is 21.7 Å². The number of aromatic nitrogens is 3. The number of hydrogen-bond donors (Lipinski definition) is 0. The number of rotatable bonds is 9. The van der Waals surface area contributed by atoms with E-state index in [1.165, 1.54) is 0 Å². The second kappa shape index (κ2) is 10.9. The first-order valence-electron chi connectivity index (χ1n) is 11.2. The molecule has 1 fully saturated rings. The maximum atomic E-state index is 13.0. The smallest absolute Gasteiger partial charge is 0.254 e. The predicted octanol–water partition coefficient (Wildman–Crippen LogP) is 4.69. The standard InChI is InChI=1S/C25H30N4O3S/c1-18(16-31-2)29-23(19-10-8-11-21(15-19)32-3)26-27-25(29)33-17-20-9-4-5-12-22(20)24(30)28-13-6-7-14-28/h4-5,8-12,15,18H,6-7,13-14,16-17H2,1-3H3/t18-/m1/s1. The van der Waals surface area contributed by atoms with Crippen molar-refractivity contribution in [1.29, 1.82) is 0 Å². The van der Waals surface area contributed by atoms with E-state index in [9.17, 15) is 4.79 Å². The third-order valence-corrected chi connectivity index (χ3v) is 6.83. The molecule has 1 aromatic heterocycles. The van der Waals surface area contributed by atoms with Crippen LogP contribution in [0.4, 0.5) is 0 Å². The number of carbonyl (C=O) groups is 1. The zero-order valence-corrected chi connectivity index (χ0v) is 20.2. The Bertz CT molecular complexity index is 1090. The molecule has 174 valence electrons. The van der Waals surface area contributed by atoms with Crippen molar-refractivity contribution in [1.82, 2.24) is 19.7 Å². The van der Waals surface area contributed by atoms with Crippen molar-refractivity contribution in [3.63, 3.8) is 0 Å². The molecule has 1 amide bonds. The van der Waals surface area contributed by atoms with Gasteiger partial charge in [-0.25, -0.2) is 0 Å². The van der Waals surface area contributed by atoms with Crippen LogP contribution in [0.5, 0.6) is 5.75 Å². The summed E-state index contributed by atoms with van der Waals surface area (Å²) in [7, 11) is 3.35. The lowest BCUT2D eigenvalue weighted by Gasteiger charge is -2.19. The van der Waals surface area contributed by atoms with Gasteiger partial charge in [0.25, 0.3) is 5.91 Å². The lowest BCUT2D eigenvalue weighted by atomic mass is 10.1. The summed E-state index contributed by atoms with van der Waals surface area (Å²) in [6.07, 6.45) is 2.16. The first-order chi connectivity index (χ1) is 16.1. The number of carbonyl (C=O) groups excluding carboxylic acids is 1. The highest BCUT2D eigenvalue weighted by Crippen LogP contribution is 2.32. The number of amides is 1. The van der Waals surface area contributed by atoms with Gasteiger partial charge < -0.3 is 14.4 Å². The molecular weight excluding hydrogens is 436 g/mol. The lowest BCUT2D eigenvalue weighted by Crippen LogP contribution is -2.28. The zero-order chi connectivity index (χ0) is 23.2. The molecule has 3 aromatic rings. The van der Waals surface area contributed by atoms with Crippen LogP contribution in [-0.2, 0) is 10.5 Å². The van der Waals surface area contributed by atoms with Gasteiger partial charge in [0.1, 0.15) is 5.75 Å². The molecule has 1 aliphatic heterocycles. The zero-order valence-electron chi connectivity index (χ0n) is 19.4. The third kappa shape index (κ3) is 5.23. The van der Waals surface area contributed by atoms with E-state index in [-0.39, 0.29) is 11.9 Å². The van der Waals surface area contributed by atoms with Crippen LogP contribution in [0.15, 0.2) is 53.7 Å². The number of benzene rings is 2. The van der Waals surface area contributed by atoms with Crippen molar-refractivity contribution < 1.29 is 14.3 Å². The monoisotopic (exact) mass is 466 g/mol. The molecule has 0 unspecified atom stereocenters. The van der Waals surface area contributed by atoms with Gasteiger partial charge in [-0.1, -0.05) is 42.1 Å². The quantitative estimate of drug-likeness (QED) is 0.426. The van der Waals surface area contributed by atoms with E-state index in [0.29, 0.717) is 12.4 Å². The molecule has 0 saturated carbocycles. The van der Waals surface area contributed by atoms with Gasteiger partial charge in [-0.05, 0) is 43.5 Å². The van der Waals surface area contributed by atoms with E-state index in [0.717, 1.165) is 59.4 Å². The van der Waals surface area contributed by atoms with Gasteiger partial charge in [0.2, 0.25) is 0 Å². The van der Waals surface area contributed by atoms with Gasteiger partial charge in [-0.15, -0.1) is 10.2 Å². The van der Waals surface area contributed by atoms with Crippen LogP contribution < -0.4 is 4.74 Å². The number of methoxy groups -OCH3 is 2. The second-order valence-electron chi connectivity index (χ2n) is 8.16. The van der Waals surface area contributed by atoms with Gasteiger partial charge >= 0.3 is 0 Å². The van der Waals surface area contributed by atoms with Crippen molar-refractivity contribution in [2.24, 2.45) is 0 Å². The molecule has 1 atom stereocenters. The fraction of sp³-hybridized carbons (Fsp3) is 0.400. The van der Waals surface area contributed by atoms with Gasteiger partial charge in [0.05, 0.1) is 19.8 Å². The molecule has 0 N–H and O–H groups in total. The Morgan fingerprint density at radius 3 is 2.64 bits per heavy atom. The Morgan fingerprint density at radius 2 is 1.88 bits per heavy atom. The molecule has 2 heterocycles. The number of likely N-dealkylation sites (tertiary alicyclic amines) is 1. The Balaban J connectivity index is 1.61. The topological polar surface area (TPSA) is 69.5 Å². The van der Waals surface area contributed by atoms with Gasteiger partial charge in [0, 0.05) is 37.1 Å². The minimum Gasteiger partial charge on any atom is -0.497 e. The molecule has 1 aliphatic rings. The predicted molar refractivity (Wildman–Crippen MR) is 130 cm³/mol. The van der Waals surface area contributed by atoms with E-state index in [4.69, 9.17) is 9.47 Å². The number of nitrogens with zero attached hydrogens (tertiary/aromatic N) is 4. The molecule has 0 radical (unpaired) electrons. The third-order valence-electron chi connectivity index (χ3n) is 5.84. The summed E-state index contributed by atoms with van der Waals surface area (Å²) in [5.41, 5.74) is 2.72. The molecule has 0 bridgehead atoms. The summed E-state index contributed by atoms with van der Waals surface area (Å²) in [5, 5.41) is 9.80. The first-order valence-corrected chi connectivity index (χ1v) is 12.2. The van der Waals surface area contributed by atoms with Gasteiger partial charge in [0.15, 0.2) is 11.0 Å². The Kier molecular flexibility index (Phi) is 7.67. The van der Waals surface area contributed by atoms with E-state index >= 15 is 0 Å². The van der Waals surface area contributed by atoms with Crippen molar-refractivity contribution in [2.45, 2.75) is 36.7 Å². The fourth-order valence-electron chi connectivity index (χ4n) is 4.14. The number of thioether (sulfide) groups is 1. The van der Waals surface area contributed by atoms with E-state index in [1.807, 2.05) is 53.4 Å². The minimum atomic E-state index is 0.0372. The highest BCUT2D eigenvalue weighted by atomic mass is 32.2. The molecule has 0 spiro atoms. The Labute approximate surface area is 199 Å². The van der Waals surface area contributed by atoms with Crippen LogP contribution in [-0.4, -0.2) is 59.5 Å². The molecule has 4 rings (SSSR count). The summed E-state index contributed by atoms with van der Waals surface area (Å²) >= 11 is 1.59. The van der Waals surface area contributed by atoms with Crippen LogP contribution in [0.3, 0.4) is 0 Å². The van der Waals surface area contributed by atoms with Crippen LogP contribution in [0.2, 0.25) is 0 Å². The van der Waals surface area contributed by atoms with E-state index < -0.39 is 0 Å². The highest BCUT2D eigenvalue weighted by Gasteiger charge is 2.23. The first kappa shape index (κ1) is 23.3. The summed E-state index contributed by atoms with van der Waals surface area (Å²) in [4.78, 5) is 15.0. The maximum absolute atomic E-state index is 13.0. The van der Waals surface area contributed by atoms with Crippen LogP contribution in [0, 0.1) is 0 Å². The average molecular weight is 467 g/mol. The Morgan fingerprint density at radius 1 is 1.09 bits per heavy atom. The summed E-state index contributed by atoms with van der Waals surface area (Å²) in [6.45, 7) is 4.30. The molecule has 8 heteroatoms. The number of hydrogen-bond acceptors (Lipinski definition) is 6. The van der Waals surface area contributed by atoms with Crippen LogP contribution in [0.1, 0.15) is 41.7 Å². The van der Waals surface area contributed by atoms with Crippen molar-refractivity contribution >= 4 is 17.7 Å². The fourth-order valence-corrected chi connectivity index (χ4v) is 5.18. The molecule has 2 aromatic carbocycles. The SMILES string of the molecule is COC[C@@H](C)n1c(SCc2ccccc2C(=O)N2CCCC2)nnc1-c1cccc(OC)c1.